The molecule has 1 aromatic heterocycles. The Labute approximate surface area is 188 Å². The van der Waals surface area contributed by atoms with Gasteiger partial charge in [0.25, 0.3) is 0 Å². The van der Waals surface area contributed by atoms with E-state index in [9.17, 15) is 27.2 Å². The lowest BCUT2D eigenvalue weighted by molar-refractivity contribution is -0.253. The molecule has 2 heterocycles. The highest BCUT2D eigenvalue weighted by atomic mass is 32.2. The lowest BCUT2D eigenvalue weighted by Crippen LogP contribution is -2.38. The number of carbonyl (C=O) groups is 2. The number of aromatic carboxylic acids is 1. The van der Waals surface area contributed by atoms with Gasteiger partial charge < -0.3 is 19.5 Å². The zero-order chi connectivity index (χ0) is 23.3. The first kappa shape index (κ1) is 24.1. The van der Waals surface area contributed by atoms with Crippen LogP contribution in [-0.4, -0.2) is 64.3 Å². The Morgan fingerprint density at radius 1 is 1.38 bits per heavy atom. The maximum Gasteiger partial charge on any atom is 0.461 e. The summed E-state index contributed by atoms with van der Waals surface area (Å²) in [5.74, 6) is -0.982. The zero-order valence-corrected chi connectivity index (χ0v) is 18.0. The summed E-state index contributed by atoms with van der Waals surface area (Å²) in [5.41, 5.74) is -0.0291. The fourth-order valence-electron chi connectivity index (χ4n) is 2.95. The number of carboxylic acid groups (broad SMARTS) is 1. The van der Waals surface area contributed by atoms with Crippen LogP contribution in [-0.2, 0) is 4.79 Å². The van der Waals surface area contributed by atoms with Crippen LogP contribution in [0.5, 0.6) is 11.5 Å². The van der Waals surface area contributed by atoms with Gasteiger partial charge >= 0.3 is 18.5 Å². The number of rotatable bonds is 11. The van der Waals surface area contributed by atoms with Gasteiger partial charge in [-0.05, 0) is 18.6 Å². The highest BCUT2D eigenvalue weighted by Crippen LogP contribution is 2.30. The van der Waals surface area contributed by atoms with Crippen LogP contribution in [0.4, 0.5) is 17.6 Å². The number of hydrogen-bond acceptors (Lipinski definition) is 7. The fraction of sp³-hybridized carbons (Fsp3) is 0.421. The molecular formula is C19H18F4N2O5S2. The van der Waals surface area contributed by atoms with E-state index in [1.807, 2.05) is 0 Å². The van der Waals surface area contributed by atoms with Crippen LogP contribution in [0.3, 0.4) is 0 Å². The van der Waals surface area contributed by atoms with Crippen molar-refractivity contribution < 1.29 is 41.7 Å². The number of ether oxygens (including phenoxy) is 2. The Morgan fingerprint density at radius 2 is 2.12 bits per heavy atom. The number of carboxylic acids is 1. The first-order valence-electron chi connectivity index (χ1n) is 9.34. The summed E-state index contributed by atoms with van der Waals surface area (Å²) in [4.78, 5) is 28.7. The smallest absolute Gasteiger partial charge is 0.461 e. The van der Waals surface area contributed by atoms with Crippen LogP contribution in [0.15, 0.2) is 34.0 Å². The first-order valence-corrected chi connectivity index (χ1v) is 11.2. The van der Waals surface area contributed by atoms with Crippen molar-refractivity contribution in [2.75, 3.05) is 18.9 Å². The molecule has 1 fully saturated rings. The van der Waals surface area contributed by atoms with E-state index in [1.165, 1.54) is 40.6 Å². The minimum Gasteiger partial charge on any atom is -0.491 e. The van der Waals surface area contributed by atoms with Crippen molar-refractivity contribution in [2.45, 2.75) is 35.8 Å². The Balaban J connectivity index is 1.52. The van der Waals surface area contributed by atoms with Crippen molar-refractivity contribution in [3.63, 3.8) is 0 Å². The van der Waals surface area contributed by atoms with Crippen molar-refractivity contribution in [3.05, 3.63) is 35.3 Å². The Kier molecular flexibility index (Phi) is 7.82. The third-order valence-corrected chi connectivity index (χ3v) is 6.47. The highest BCUT2D eigenvalue weighted by Gasteiger charge is 2.44. The van der Waals surface area contributed by atoms with Crippen LogP contribution >= 0.6 is 23.1 Å². The van der Waals surface area contributed by atoms with Crippen LogP contribution in [0.25, 0.3) is 0 Å². The fourth-order valence-corrected chi connectivity index (χ4v) is 4.76. The molecule has 3 rings (SSSR count). The average molecular weight is 494 g/mol. The standard InChI is InChI=1S/C19H18F4N2O5S2/c20-17(21)19(22,23)30-13-3-1-2-12(8-13)29-9-11-4-5-15(26)25(11)6-7-31-18-24-14(10-32-18)16(27)28/h1-3,8,10-11,17H,4-7,9H2,(H,27,28)/t11-/m1/s1. The summed E-state index contributed by atoms with van der Waals surface area (Å²) >= 11 is 2.54. The average Bonchev–Trinajstić information content (AvgIpc) is 3.34. The van der Waals surface area contributed by atoms with Crippen LogP contribution < -0.4 is 9.47 Å². The van der Waals surface area contributed by atoms with E-state index in [2.05, 4.69) is 9.72 Å². The lowest BCUT2D eigenvalue weighted by atomic mass is 10.2. The highest BCUT2D eigenvalue weighted by molar-refractivity contribution is 8.01. The first-order chi connectivity index (χ1) is 15.2. The van der Waals surface area contributed by atoms with E-state index >= 15 is 0 Å². The SMILES string of the molecule is O=C(O)c1csc(SCCN2C(=O)CC[C@@H]2COc2cccc(OC(F)(F)C(F)F)c2)n1. The van der Waals surface area contributed by atoms with Crippen molar-refractivity contribution in [3.8, 4) is 11.5 Å². The molecule has 0 unspecified atom stereocenters. The maximum absolute atomic E-state index is 13.1. The van der Waals surface area contributed by atoms with Gasteiger partial charge in [-0.3, -0.25) is 4.79 Å². The molecule has 0 aliphatic carbocycles. The Hall–Kier alpha value is -2.54. The molecular weight excluding hydrogens is 476 g/mol. The van der Waals surface area contributed by atoms with Crippen molar-refractivity contribution in [1.82, 2.24) is 9.88 Å². The third-order valence-electron chi connectivity index (χ3n) is 4.47. The zero-order valence-electron chi connectivity index (χ0n) is 16.4. The summed E-state index contributed by atoms with van der Waals surface area (Å²) in [6, 6.07) is 4.74. The summed E-state index contributed by atoms with van der Waals surface area (Å²) in [5, 5.41) is 10.3. The molecule has 0 spiro atoms. The molecule has 1 aliphatic heterocycles. The molecule has 32 heavy (non-hydrogen) atoms. The monoisotopic (exact) mass is 494 g/mol. The molecule has 1 aliphatic rings. The minimum atomic E-state index is -4.62. The number of thiazole rings is 1. The molecule has 1 atom stereocenters. The number of halogens is 4. The van der Waals surface area contributed by atoms with Crippen LogP contribution in [0.1, 0.15) is 23.3 Å². The van der Waals surface area contributed by atoms with E-state index in [0.29, 0.717) is 29.5 Å². The van der Waals surface area contributed by atoms with Gasteiger partial charge in [-0.1, -0.05) is 17.8 Å². The number of nitrogens with zero attached hydrogens (tertiary/aromatic N) is 2. The number of alkyl halides is 4. The molecule has 0 saturated carbocycles. The molecule has 1 N–H and O–H groups in total. The second-order valence-corrected chi connectivity index (χ2v) is 8.88. The molecule has 1 amide bonds. The van der Waals surface area contributed by atoms with Gasteiger partial charge in [0.05, 0.1) is 6.04 Å². The second kappa shape index (κ2) is 10.4. The summed E-state index contributed by atoms with van der Waals surface area (Å²) in [7, 11) is 0. The van der Waals surface area contributed by atoms with Gasteiger partial charge in [-0.2, -0.15) is 17.6 Å². The Morgan fingerprint density at radius 3 is 2.81 bits per heavy atom. The second-order valence-electron chi connectivity index (χ2n) is 6.68. The number of hydrogen-bond donors (Lipinski definition) is 1. The van der Waals surface area contributed by atoms with E-state index in [0.717, 1.165) is 12.1 Å². The van der Waals surface area contributed by atoms with Crippen molar-refractivity contribution in [2.24, 2.45) is 0 Å². The van der Waals surface area contributed by atoms with E-state index in [1.54, 1.807) is 4.90 Å². The number of aromatic nitrogens is 1. The predicted molar refractivity (Wildman–Crippen MR) is 108 cm³/mol. The van der Waals surface area contributed by atoms with Gasteiger partial charge in [0.2, 0.25) is 5.91 Å². The van der Waals surface area contributed by atoms with Gasteiger partial charge in [0, 0.05) is 30.2 Å². The van der Waals surface area contributed by atoms with Crippen LogP contribution in [0, 0.1) is 0 Å². The summed E-state index contributed by atoms with van der Waals surface area (Å²) in [6.45, 7) is 0.481. The van der Waals surface area contributed by atoms with Crippen molar-refractivity contribution >= 4 is 35.0 Å². The van der Waals surface area contributed by atoms with Gasteiger partial charge in [0.1, 0.15) is 18.1 Å². The van der Waals surface area contributed by atoms with Gasteiger partial charge in [-0.15, -0.1) is 11.3 Å². The molecule has 13 heteroatoms. The molecule has 1 saturated heterocycles. The lowest BCUT2D eigenvalue weighted by Gasteiger charge is -2.25. The molecule has 7 nitrogen and oxygen atoms in total. The molecule has 0 radical (unpaired) electrons. The minimum absolute atomic E-state index is 0.0291. The number of carbonyl (C=O) groups excluding carboxylic acids is 1. The normalized spacial score (nSPS) is 16.6. The summed E-state index contributed by atoms with van der Waals surface area (Å²) < 4.78 is 61.0. The summed E-state index contributed by atoms with van der Waals surface area (Å²) in [6.07, 6.45) is -7.71. The molecule has 2 aromatic rings. The van der Waals surface area contributed by atoms with E-state index in [4.69, 9.17) is 9.84 Å². The molecule has 0 bridgehead atoms. The number of amides is 1. The van der Waals surface area contributed by atoms with E-state index in [-0.39, 0.29) is 30.0 Å². The molecule has 1 aromatic carbocycles. The van der Waals surface area contributed by atoms with Crippen molar-refractivity contribution in [1.29, 1.82) is 0 Å². The quantitative estimate of drug-likeness (QED) is 0.369. The van der Waals surface area contributed by atoms with Gasteiger partial charge in [-0.25, -0.2) is 9.78 Å². The predicted octanol–water partition coefficient (Wildman–Crippen LogP) is 4.24. The van der Waals surface area contributed by atoms with Crippen LogP contribution in [0.2, 0.25) is 0 Å². The largest absolute Gasteiger partial charge is 0.491 e. The van der Waals surface area contributed by atoms with E-state index < -0.39 is 24.3 Å². The maximum atomic E-state index is 13.1. The third kappa shape index (κ3) is 6.25. The number of benzene rings is 1. The Bertz CT molecular complexity index is 959. The topological polar surface area (TPSA) is 89.0 Å². The van der Waals surface area contributed by atoms with Gasteiger partial charge in [0.15, 0.2) is 10.0 Å². The number of thioether (sulfide) groups is 1. The number of likely N-dealkylation sites (tertiary alicyclic amines) is 1. The molecule has 174 valence electrons.